The van der Waals surface area contributed by atoms with Crippen molar-refractivity contribution in [3.8, 4) is 0 Å². The van der Waals surface area contributed by atoms with Crippen LogP contribution in [0.2, 0.25) is 0 Å². The van der Waals surface area contributed by atoms with Crippen molar-refractivity contribution < 1.29 is 9.13 Å². The summed E-state index contributed by atoms with van der Waals surface area (Å²) in [6.45, 7) is 10.4. The normalized spacial score (nSPS) is 13.9. The fourth-order valence-electron chi connectivity index (χ4n) is 2.68. The van der Waals surface area contributed by atoms with Crippen molar-refractivity contribution in [2.75, 3.05) is 0 Å². The molecule has 0 radical (unpaired) electrons. The van der Waals surface area contributed by atoms with Gasteiger partial charge in [-0.3, -0.25) is 0 Å². The standard InChI is InChI=1S/2C9H12N3/c1-7(2)8-5-11-9-10-3-4-12(9)6-8;1-7(2)8-3-4-10-9-11-5-6-12(8)9/h3,5-7H,4H2,1-2H3;3-5,7H,6H2,1-2H3/q2*+1. The zero-order valence-corrected chi connectivity index (χ0v) is 14.7. The summed E-state index contributed by atoms with van der Waals surface area (Å²) in [6, 6.07) is 2.06. The van der Waals surface area contributed by atoms with Gasteiger partial charge in [-0.2, -0.15) is 0 Å². The largest absolute Gasteiger partial charge is 0.433 e. The quantitative estimate of drug-likeness (QED) is 0.797. The molecule has 2 aliphatic rings. The lowest BCUT2D eigenvalue weighted by Crippen LogP contribution is -2.37. The van der Waals surface area contributed by atoms with Gasteiger partial charge in [-0.05, 0) is 5.92 Å². The molecule has 124 valence electrons. The first kappa shape index (κ1) is 16.4. The minimum Gasteiger partial charge on any atom is -0.226 e. The summed E-state index contributed by atoms with van der Waals surface area (Å²) in [5, 5.41) is 0. The molecule has 24 heavy (non-hydrogen) atoms. The lowest BCUT2D eigenvalue weighted by molar-refractivity contribution is -0.674. The van der Waals surface area contributed by atoms with Crippen LogP contribution in [0.25, 0.3) is 0 Å². The molecule has 2 aromatic rings. The molecule has 2 aromatic heterocycles. The lowest BCUT2D eigenvalue weighted by atomic mass is 10.1. The Morgan fingerprint density at radius 2 is 1.67 bits per heavy atom. The second-order valence-corrected chi connectivity index (χ2v) is 6.55. The fourth-order valence-corrected chi connectivity index (χ4v) is 2.68. The van der Waals surface area contributed by atoms with Crippen LogP contribution in [0.1, 0.15) is 50.8 Å². The van der Waals surface area contributed by atoms with E-state index >= 15 is 0 Å². The zero-order valence-electron chi connectivity index (χ0n) is 14.7. The summed E-state index contributed by atoms with van der Waals surface area (Å²) in [6.07, 6.45) is 9.63. The van der Waals surface area contributed by atoms with E-state index in [2.05, 4.69) is 69.0 Å². The Morgan fingerprint density at radius 3 is 2.42 bits per heavy atom. The van der Waals surface area contributed by atoms with Gasteiger partial charge in [0.2, 0.25) is 0 Å². The number of aromatic nitrogens is 4. The molecule has 0 fully saturated rings. The lowest BCUT2D eigenvalue weighted by Gasteiger charge is -2.06. The molecule has 0 aliphatic carbocycles. The average Bonchev–Trinajstić information content (AvgIpc) is 3.22. The van der Waals surface area contributed by atoms with Gasteiger partial charge in [-0.1, -0.05) is 47.6 Å². The minimum absolute atomic E-state index is 0.536. The smallest absolute Gasteiger partial charge is 0.226 e. The third-order valence-corrected chi connectivity index (χ3v) is 4.09. The summed E-state index contributed by atoms with van der Waals surface area (Å²) >= 11 is 0. The Kier molecular flexibility index (Phi) is 4.74. The van der Waals surface area contributed by atoms with Crippen LogP contribution in [-0.2, 0) is 13.1 Å². The van der Waals surface area contributed by atoms with E-state index in [1.807, 2.05) is 24.8 Å². The monoisotopic (exact) mass is 324 g/mol. The number of hydrogen-bond acceptors (Lipinski definition) is 4. The zero-order chi connectivity index (χ0) is 17.1. The predicted octanol–water partition coefficient (Wildman–Crippen LogP) is 2.42. The van der Waals surface area contributed by atoms with Crippen LogP contribution in [0.4, 0.5) is 11.9 Å². The van der Waals surface area contributed by atoms with Crippen LogP contribution in [0.5, 0.6) is 0 Å². The van der Waals surface area contributed by atoms with Crippen molar-refractivity contribution in [2.24, 2.45) is 9.98 Å². The molecule has 0 saturated heterocycles. The van der Waals surface area contributed by atoms with Gasteiger partial charge in [0.1, 0.15) is 37.9 Å². The van der Waals surface area contributed by atoms with E-state index in [9.17, 15) is 0 Å². The van der Waals surface area contributed by atoms with Crippen molar-refractivity contribution in [1.29, 1.82) is 0 Å². The van der Waals surface area contributed by atoms with Gasteiger partial charge in [-0.15, -0.1) is 0 Å². The van der Waals surface area contributed by atoms with E-state index in [-0.39, 0.29) is 0 Å². The predicted molar refractivity (Wildman–Crippen MR) is 93.3 cm³/mol. The topological polar surface area (TPSA) is 58.3 Å². The summed E-state index contributed by atoms with van der Waals surface area (Å²) in [5.41, 5.74) is 2.57. The van der Waals surface area contributed by atoms with Crippen molar-refractivity contribution in [3.63, 3.8) is 0 Å². The van der Waals surface area contributed by atoms with E-state index < -0.39 is 0 Å². The second-order valence-electron chi connectivity index (χ2n) is 6.55. The Hall–Kier alpha value is -2.50. The SMILES string of the molecule is CC(C)c1ccnc2[n+]1CC=N2.CC(C)c1cnc2[n+](c1)CC=N2. The van der Waals surface area contributed by atoms with Gasteiger partial charge in [0, 0.05) is 17.5 Å². The first-order valence-electron chi connectivity index (χ1n) is 8.39. The second kappa shape index (κ2) is 6.95. The molecule has 6 nitrogen and oxygen atoms in total. The molecule has 2 aliphatic heterocycles. The Morgan fingerprint density at radius 1 is 0.917 bits per heavy atom. The number of hydrogen-bond donors (Lipinski definition) is 0. The van der Waals surface area contributed by atoms with E-state index in [0.29, 0.717) is 11.8 Å². The Balaban J connectivity index is 0.000000141. The molecule has 0 aromatic carbocycles. The maximum Gasteiger partial charge on any atom is 0.433 e. The highest BCUT2D eigenvalue weighted by atomic mass is 15.2. The summed E-state index contributed by atoms with van der Waals surface area (Å²) in [7, 11) is 0. The van der Waals surface area contributed by atoms with Crippen molar-refractivity contribution in [2.45, 2.75) is 52.6 Å². The van der Waals surface area contributed by atoms with Gasteiger partial charge in [0.15, 0.2) is 0 Å². The molecule has 4 rings (SSSR count). The van der Waals surface area contributed by atoms with Crippen LogP contribution < -0.4 is 9.13 Å². The number of rotatable bonds is 2. The van der Waals surface area contributed by atoms with Gasteiger partial charge in [0.05, 0.1) is 11.9 Å². The van der Waals surface area contributed by atoms with Crippen molar-refractivity contribution >= 4 is 24.3 Å². The molecule has 0 spiro atoms. The Bertz CT molecular complexity index is 792. The average molecular weight is 324 g/mol. The minimum atomic E-state index is 0.536. The first-order chi connectivity index (χ1) is 11.6. The van der Waals surface area contributed by atoms with Gasteiger partial charge in [0.25, 0.3) is 0 Å². The maximum absolute atomic E-state index is 4.25. The molecule has 0 saturated carbocycles. The Labute approximate surface area is 142 Å². The fraction of sp³-hybridized carbons (Fsp3) is 0.444. The van der Waals surface area contributed by atoms with Crippen molar-refractivity contribution in [1.82, 2.24) is 9.97 Å². The third-order valence-electron chi connectivity index (χ3n) is 4.09. The third kappa shape index (κ3) is 3.37. The molecule has 0 N–H and O–H groups in total. The van der Waals surface area contributed by atoms with Crippen LogP contribution >= 0.6 is 0 Å². The molecular weight excluding hydrogens is 300 g/mol. The van der Waals surface area contributed by atoms with E-state index in [0.717, 1.165) is 25.0 Å². The summed E-state index contributed by atoms with van der Waals surface area (Å²) < 4.78 is 4.21. The number of nitrogens with zero attached hydrogens (tertiary/aromatic N) is 6. The highest BCUT2D eigenvalue weighted by molar-refractivity contribution is 5.61. The molecule has 6 heteroatoms. The molecule has 0 unspecified atom stereocenters. The van der Waals surface area contributed by atoms with Gasteiger partial charge >= 0.3 is 11.9 Å². The molecule has 0 bridgehead atoms. The number of aliphatic imine (C=N–C) groups is 2. The summed E-state index contributed by atoms with van der Waals surface area (Å²) in [4.78, 5) is 16.7. The van der Waals surface area contributed by atoms with Crippen LogP contribution in [0.3, 0.4) is 0 Å². The highest BCUT2D eigenvalue weighted by Gasteiger charge is 2.20. The molecule has 0 atom stereocenters. The van der Waals surface area contributed by atoms with E-state index in [4.69, 9.17) is 0 Å². The van der Waals surface area contributed by atoms with Gasteiger partial charge < -0.3 is 0 Å². The van der Waals surface area contributed by atoms with Crippen LogP contribution in [0.15, 0.2) is 34.6 Å². The van der Waals surface area contributed by atoms with E-state index in [1.165, 1.54) is 11.3 Å². The van der Waals surface area contributed by atoms with Crippen LogP contribution in [0, 0.1) is 0 Å². The molecule has 4 heterocycles. The van der Waals surface area contributed by atoms with Crippen molar-refractivity contribution in [3.05, 3.63) is 35.9 Å². The van der Waals surface area contributed by atoms with Crippen LogP contribution in [-0.4, -0.2) is 22.4 Å². The highest BCUT2D eigenvalue weighted by Crippen LogP contribution is 2.14. The molecular formula is C18H24N6+2. The maximum atomic E-state index is 4.25. The molecule has 0 amide bonds. The first-order valence-corrected chi connectivity index (χ1v) is 8.39. The van der Waals surface area contributed by atoms with Gasteiger partial charge in [-0.25, -0.2) is 9.13 Å². The summed E-state index contributed by atoms with van der Waals surface area (Å²) in [5.74, 6) is 2.73. The van der Waals surface area contributed by atoms with E-state index in [1.54, 1.807) is 0 Å². The number of fused-ring (bicyclic) bond motifs is 2.